The van der Waals surface area contributed by atoms with E-state index in [9.17, 15) is 0 Å². The lowest BCUT2D eigenvalue weighted by Gasteiger charge is -2.34. The predicted molar refractivity (Wildman–Crippen MR) is 72.4 cm³/mol. The summed E-state index contributed by atoms with van der Waals surface area (Å²) in [6.45, 7) is 7.59. The van der Waals surface area contributed by atoms with Gasteiger partial charge in [-0.3, -0.25) is 0 Å². The molecular weight excluding hydrogens is 226 g/mol. The number of hydrogen-bond donors (Lipinski definition) is 1. The molecular formula is C14H25N3O. The van der Waals surface area contributed by atoms with Gasteiger partial charge in [0.05, 0.1) is 5.69 Å². The molecule has 1 fully saturated rings. The van der Waals surface area contributed by atoms with Gasteiger partial charge in [0.25, 0.3) is 0 Å². The molecule has 0 saturated carbocycles. The van der Waals surface area contributed by atoms with Gasteiger partial charge >= 0.3 is 0 Å². The number of likely N-dealkylation sites (tertiary alicyclic amines) is 1. The lowest BCUT2D eigenvalue weighted by molar-refractivity contribution is 0.146. The molecule has 1 saturated heterocycles. The van der Waals surface area contributed by atoms with Crippen LogP contribution in [-0.4, -0.2) is 35.6 Å². The number of aromatic nitrogens is 1. The average molecular weight is 251 g/mol. The van der Waals surface area contributed by atoms with Crippen LogP contribution in [0.5, 0.6) is 0 Å². The molecule has 18 heavy (non-hydrogen) atoms. The summed E-state index contributed by atoms with van der Waals surface area (Å²) in [4.78, 5) is 7.04. The smallest absolute Gasteiger partial charge is 0.194 e. The van der Waals surface area contributed by atoms with Crippen LogP contribution in [-0.2, 0) is 12.8 Å². The van der Waals surface area contributed by atoms with E-state index in [0.717, 1.165) is 30.3 Å². The summed E-state index contributed by atoms with van der Waals surface area (Å²) in [5.41, 5.74) is 6.50. The van der Waals surface area contributed by atoms with E-state index in [1.54, 1.807) is 6.26 Å². The normalized spacial score (nSPS) is 18.7. The Bertz CT molecular complexity index is 354. The molecule has 0 unspecified atom stereocenters. The maximum absolute atomic E-state index is 5.51. The molecule has 0 aliphatic carbocycles. The van der Waals surface area contributed by atoms with Crippen LogP contribution in [0.25, 0.3) is 0 Å². The van der Waals surface area contributed by atoms with Gasteiger partial charge in [0, 0.05) is 18.9 Å². The number of rotatable bonds is 5. The first kappa shape index (κ1) is 13.6. The van der Waals surface area contributed by atoms with E-state index < -0.39 is 0 Å². The third-order valence-electron chi connectivity index (χ3n) is 3.84. The topological polar surface area (TPSA) is 55.3 Å². The number of oxazole rings is 1. The molecule has 102 valence electrons. The molecule has 4 heteroatoms. The zero-order chi connectivity index (χ0) is 13.0. The molecule has 0 aromatic carbocycles. The van der Waals surface area contributed by atoms with Crippen molar-refractivity contribution in [2.45, 2.75) is 45.6 Å². The van der Waals surface area contributed by atoms with Crippen LogP contribution >= 0.6 is 0 Å². The molecule has 1 aliphatic heterocycles. The van der Waals surface area contributed by atoms with Crippen molar-refractivity contribution in [2.24, 2.45) is 11.7 Å². The molecule has 2 rings (SSSR count). The van der Waals surface area contributed by atoms with Gasteiger partial charge in [-0.25, -0.2) is 4.98 Å². The Morgan fingerprint density at radius 2 is 2.17 bits per heavy atom. The monoisotopic (exact) mass is 251 g/mol. The summed E-state index contributed by atoms with van der Waals surface area (Å²) in [7, 11) is 0. The summed E-state index contributed by atoms with van der Waals surface area (Å²) in [5.74, 6) is 1.62. The molecule has 4 nitrogen and oxygen atoms in total. The van der Waals surface area contributed by atoms with Gasteiger partial charge in [-0.05, 0) is 52.2 Å². The van der Waals surface area contributed by atoms with Crippen LogP contribution in [0.2, 0.25) is 0 Å². The molecule has 0 atom stereocenters. The van der Waals surface area contributed by atoms with E-state index in [-0.39, 0.29) is 0 Å². The molecule has 0 amide bonds. The highest BCUT2D eigenvalue weighted by molar-refractivity contribution is 4.98. The summed E-state index contributed by atoms with van der Waals surface area (Å²) in [6, 6.07) is 0.670. The standard InChI is InChI=1S/C14H25N3O/c1-11(2)17-7-4-12(5-8-17)9-14-16-13(3-6-15)10-18-14/h10-12H,3-9,15H2,1-2H3. The second-order valence-electron chi connectivity index (χ2n) is 5.55. The van der Waals surface area contributed by atoms with Crippen molar-refractivity contribution in [2.75, 3.05) is 19.6 Å². The minimum Gasteiger partial charge on any atom is -0.449 e. The van der Waals surface area contributed by atoms with Gasteiger partial charge in [-0.2, -0.15) is 0 Å². The molecule has 1 aliphatic rings. The number of nitrogens with zero attached hydrogens (tertiary/aromatic N) is 2. The minimum atomic E-state index is 0.638. The van der Waals surface area contributed by atoms with Crippen molar-refractivity contribution < 1.29 is 4.42 Å². The number of piperidine rings is 1. The fraction of sp³-hybridized carbons (Fsp3) is 0.786. The van der Waals surface area contributed by atoms with Crippen molar-refractivity contribution in [1.82, 2.24) is 9.88 Å². The predicted octanol–water partition coefficient (Wildman–Crippen LogP) is 1.84. The zero-order valence-corrected chi connectivity index (χ0v) is 11.6. The Hall–Kier alpha value is -0.870. The quantitative estimate of drug-likeness (QED) is 0.867. The Morgan fingerprint density at radius 3 is 2.78 bits per heavy atom. The SMILES string of the molecule is CC(C)N1CCC(Cc2nc(CCN)co2)CC1. The highest BCUT2D eigenvalue weighted by atomic mass is 16.3. The first-order valence-electron chi connectivity index (χ1n) is 7.06. The lowest BCUT2D eigenvalue weighted by atomic mass is 9.93. The fourth-order valence-corrected chi connectivity index (χ4v) is 2.63. The third-order valence-corrected chi connectivity index (χ3v) is 3.84. The third kappa shape index (κ3) is 3.56. The van der Waals surface area contributed by atoms with E-state index in [4.69, 9.17) is 10.2 Å². The summed E-state index contributed by atoms with van der Waals surface area (Å²) >= 11 is 0. The van der Waals surface area contributed by atoms with Crippen LogP contribution in [0.15, 0.2) is 10.7 Å². The highest BCUT2D eigenvalue weighted by Crippen LogP contribution is 2.22. The average Bonchev–Trinajstić information content (AvgIpc) is 2.78. The number of nitrogens with two attached hydrogens (primary N) is 1. The Labute approximate surface area is 110 Å². The van der Waals surface area contributed by atoms with Crippen LogP contribution in [0.3, 0.4) is 0 Å². The van der Waals surface area contributed by atoms with E-state index in [1.165, 1.54) is 25.9 Å². The van der Waals surface area contributed by atoms with Crippen molar-refractivity contribution in [1.29, 1.82) is 0 Å². The van der Waals surface area contributed by atoms with Gasteiger partial charge in [0.15, 0.2) is 5.89 Å². The highest BCUT2D eigenvalue weighted by Gasteiger charge is 2.22. The maximum atomic E-state index is 5.51. The Morgan fingerprint density at radius 1 is 1.44 bits per heavy atom. The minimum absolute atomic E-state index is 0.638. The Kier molecular flexibility index (Phi) is 4.78. The summed E-state index contributed by atoms with van der Waals surface area (Å²) < 4.78 is 5.51. The van der Waals surface area contributed by atoms with Crippen LogP contribution < -0.4 is 5.73 Å². The van der Waals surface area contributed by atoms with E-state index in [2.05, 4.69) is 23.7 Å². The zero-order valence-electron chi connectivity index (χ0n) is 11.6. The van der Waals surface area contributed by atoms with Gasteiger partial charge in [-0.15, -0.1) is 0 Å². The second-order valence-corrected chi connectivity index (χ2v) is 5.55. The van der Waals surface area contributed by atoms with Gasteiger partial charge in [-0.1, -0.05) is 0 Å². The van der Waals surface area contributed by atoms with Crippen molar-refractivity contribution in [3.05, 3.63) is 17.8 Å². The maximum Gasteiger partial charge on any atom is 0.194 e. The summed E-state index contributed by atoms with van der Waals surface area (Å²) in [6.07, 6.45) is 6.07. The molecule has 0 bridgehead atoms. The molecule has 1 aromatic rings. The van der Waals surface area contributed by atoms with Crippen molar-refractivity contribution in [3.8, 4) is 0 Å². The molecule has 0 radical (unpaired) electrons. The lowest BCUT2D eigenvalue weighted by Crippen LogP contribution is -2.38. The van der Waals surface area contributed by atoms with E-state index >= 15 is 0 Å². The molecule has 1 aromatic heterocycles. The Balaban J connectivity index is 1.80. The fourth-order valence-electron chi connectivity index (χ4n) is 2.63. The second kappa shape index (κ2) is 6.34. The van der Waals surface area contributed by atoms with Gasteiger partial charge in [0.1, 0.15) is 6.26 Å². The molecule has 2 heterocycles. The van der Waals surface area contributed by atoms with Crippen LogP contribution in [0.1, 0.15) is 38.3 Å². The first-order chi connectivity index (χ1) is 8.69. The number of hydrogen-bond acceptors (Lipinski definition) is 4. The van der Waals surface area contributed by atoms with Gasteiger partial charge < -0.3 is 15.1 Å². The van der Waals surface area contributed by atoms with E-state index in [0.29, 0.717) is 12.6 Å². The van der Waals surface area contributed by atoms with Gasteiger partial charge in [0.2, 0.25) is 0 Å². The van der Waals surface area contributed by atoms with Crippen molar-refractivity contribution >= 4 is 0 Å². The largest absolute Gasteiger partial charge is 0.449 e. The molecule has 0 spiro atoms. The first-order valence-corrected chi connectivity index (χ1v) is 7.06. The van der Waals surface area contributed by atoms with Crippen molar-refractivity contribution in [3.63, 3.8) is 0 Å². The summed E-state index contributed by atoms with van der Waals surface area (Å²) in [5, 5.41) is 0. The molecule has 2 N–H and O–H groups in total. The van der Waals surface area contributed by atoms with Crippen LogP contribution in [0.4, 0.5) is 0 Å². The van der Waals surface area contributed by atoms with Crippen LogP contribution in [0, 0.1) is 5.92 Å². The van der Waals surface area contributed by atoms with E-state index in [1.807, 2.05) is 0 Å².